The maximum atomic E-state index is 15.0. The monoisotopic (exact) mass is 1240 g/mol. The van der Waals surface area contributed by atoms with Gasteiger partial charge in [0.15, 0.2) is 11.4 Å². The number of nitro benzene ring substituents is 1. The molecule has 9 aliphatic rings. The van der Waals surface area contributed by atoms with Gasteiger partial charge >= 0.3 is 0 Å². The zero-order valence-corrected chi connectivity index (χ0v) is 50.7. The standard InChI is InChI=1S/C65H69N11O13S/c1-37-6-3-4-7-43(37)53-34-72(48-9-5-8-45-57(48)64(81)75(62(45)79)49-12-13-56(77)70(2)63(49)80)23-24-73(53)41-32-65(33-41)18-21-71(22-19-65)40-10-11-44(50(29-40)74-47-17-27-87-36-55(47)89-61-52(74)28-39-14-20-66-59(39)68-61)60(78)69-90(84,85)42-30-51(76(82)83)58-54(31-42)88-35-46(67-58)38-15-25-86-26-16-38/h3-11,14,20,28-31,38,41,46-47,49,53,55,67H,12-13,15-19,21-27,32-36H2,1-2H3,(H,66,68)(H,69,78)/t46-,47-,49?,53-,55-/m0/s1. The van der Waals surface area contributed by atoms with Gasteiger partial charge in [0, 0.05) is 101 Å². The highest BCUT2D eigenvalue weighted by Gasteiger charge is 2.52. The fraction of sp³-hybridized carbons (Fsp3) is 0.446. The average molecular weight is 1240 g/mol. The number of ether oxygens (including phenoxy) is 4. The molecule has 1 spiro atoms. The number of hydrogen-bond donors (Lipinski definition) is 3. The summed E-state index contributed by atoms with van der Waals surface area (Å²) in [7, 11) is -3.37. The van der Waals surface area contributed by atoms with E-state index in [1.165, 1.54) is 18.7 Å². The number of nitro groups is 1. The van der Waals surface area contributed by atoms with Crippen molar-refractivity contribution in [3.8, 4) is 11.6 Å². The molecule has 5 atom stereocenters. The normalized spacial score (nSPS) is 24.6. The lowest BCUT2D eigenvalue weighted by molar-refractivity contribution is -0.384. The van der Waals surface area contributed by atoms with Gasteiger partial charge in [-0.05, 0) is 123 Å². The number of fused-ring (bicyclic) bond motifs is 5. The molecular weight excluding hydrogens is 1170 g/mol. The molecule has 90 heavy (non-hydrogen) atoms. The highest BCUT2D eigenvalue weighted by molar-refractivity contribution is 7.90. The minimum Gasteiger partial charge on any atom is -0.489 e. The van der Waals surface area contributed by atoms with Crippen LogP contribution in [0.25, 0.3) is 11.0 Å². The quantitative estimate of drug-likeness (QED) is 0.0655. The van der Waals surface area contributed by atoms with Crippen LogP contribution in [-0.2, 0) is 29.1 Å². The molecule has 3 N–H and O–H groups in total. The van der Waals surface area contributed by atoms with E-state index >= 15 is 0 Å². The van der Waals surface area contributed by atoms with Crippen molar-refractivity contribution in [1.82, 2.24) is 29.4 Å². The molecule has 6 fully saturated rings. The number of hydrogen-bond acceptors (Lipinski definition) is 19. The molecule has 5 saturated heterocycles. The number of aryl methyl sites for hydroxylation is 1. The first-order chi connectivity index (χ1) is 43.5. The predicted octanol–water partition coefficient (Wildman–Crippen LogP) is 7.24. The fourth-order valence-electron chi connectivity index (χ4n) is 15.7. The third kappa shape index (κ3) is 9.85. The van der Waals surface area contributed by atoms with Crippen LogP contribution in [0.4, 0.5) is 34.1 Å². The zero-order valence-electron chi connectivity index (χ0n) is 49.9. The molecule has 5 amide bonds. The van der Waals surface area contributed by atoms with Crippen LogP contribution in [0.3, 0.4) is 0 Å². The highest BCUT2D eigenvalue weighted by Crippen LogP contribution is 2.54. The van der Waals surface area contributed by atoms with Crippen molar-refractivity contribution in [3.63, 3.8) is 0 Å². The van der Waals surface area contributed by atoms with Gasteiger partial charge in [-0.2, -0.15) is 4.98 Å². The van der Waals surface area contributed by atoms with Crippen LogP contribution in [0.1, 0.15) is 106 Å². The van der Waals surface area contributed by atoms with Crippen LogP contribution in [-0.4, -0.2) is 171 Å². The molecule has 1 saturated carbocycles. The lowest BCUT2D eigenvalue weighted by Crippen LogP contribution is -2.60. The molecule has 4 aromatic carbocycles. The van der Waals surface area contributed by atoms with E-state index in [9.17, 15) is 42.5 Å². The number of likely N-dealkylation sites (N-methyl/N-ethyl adjacent to an activating group) is 1. The molecule has 1 unspecified atom stereocenters. The Morgan fingerprint density at radius 2 is 1.61 bits per heavy atom. The Hall–Kier alpha value is -8.65. The smallest absolute Gasteiger partial charge is 0.297 e. The Kier molecular flexibility index (Phi) is 14.4. The van der Waals surface area contributed by atoms with Gasteiger partial charge in [-0.15, -0.1) is 0 Å². The second kappa shape index (κ2) is 22.4. The maximum absolute atomic E-state index is 15.0. The third-order valence-corrected chi connectivity index (χ3v) is 21.9. The highest BCUT2D eigenvalue weighted by atomic mass is 32.2. The van der Waals surface area contributed by atoms with Crippen molar-refractivity contribution in [2.45, 2.75) is 106 Å². The largest absolute Gasteiger partial charge is 0.489 e. The number of sulfonamides is 1. The first-order valence-corrected chi connectivity index (χ1v) is 32.6. The average Bonchev–Trinajstić information content (AvgIpc) is 1.14. The molecule has 6 aromatic rings. The van der Waals surface area contributed by atoms with Crippen LogP contribution in [0.2, 0.25) is 0 Å². The number of piperidine rings is 2. The maximum Gasteiger partial charge on any atom is 0.297 e. The molecule has 2 aromatic heterocycles. The second-order valence-electron chi connectivity index (χ2n) is 25.5. The number of carbonyl (C=O) groups is 5. The minimum atomic E-state index is -4.76. The van der Waals surface area contributed by atoms with Gasteiger partial charge in [-0.25, -0.2) is 13.1 Å². The van der Waals surface area contributed by atoms with Gasteiger partial charge in [-0.1, -0.05) is 30.3 Å². The Morgan fingerprint density at radius 3 is 2.41 bits per heavy atom. The SMILES string of the molecule is Cc1ccccc1[C@@H]1CN(c2cccc3c2C(=O)N(C2CCC(=O)N(C)C2=O)C3=O)CCN1C1CC2(CCN(c3ccc(C(=O)NS(=O)(=O)c4cc5c(c([N+](=O)[O-])c4)N[C@H](C4CCOCC4)CO5)c(N4c5cc6cc[nH]c6nc5O[C@H]5COCC[C@@H]54)c3)CC2)C1. The number of anilines is 5. The number of pyridine rings is 1. The zero-order chi connectivity index (χ0) is 61.9. The second-order valence-corrected chi connectivity index (χ2v) is 27.2. The summed E-state index contributed by atoms with van der Waals surface area (Å²) in [5.74, 6) is -2.40. The van der Waals surface area contributed by atoms with E-state index in [0.29, 0.717) is 80.0 Å². The number of rotatable bonds is 11. The number of nitrogens with one attached hydrogen (secondary N) is 3. The van der Waals surface area contributed by atoms with Gasteiger partial charge in [0.05, 0.1) is 62.6 Å². The van der Waals surface area contributed by atoms with E-state index in [1.54, 1.807) is 24.4 Å². The molecule has 24 nitrogen and oxygen atoms in total. The van der Waals surface area contributed by atoms with Crippen LogP contribution in [0.15, 0.2) is 96.0 Å². The topological polar surface area (TPSA) is 272 Å². The van der Waals surface area contributed by atoms with E-state index in [-0.39, 0.29) is 90.0 Å². The lowest BCUT2D eigenvalue weighted by Gasteiger charge is -2.58. The Balaban J connectivity index is 0.690. The number of aromatic amines is 1. The summed E-state index contributed by atoms with van der Waals surface area (Å²) < 4.78 is 55.4. The molecule has 1 aliphatic carbocycles. The van der Waals surface area contributed by atoms with E-state index in [0.717, 1.165) is 84.1 Å². The molecule has 15 rings (SSSR count). The van der Waals surface area contributed by atoms with Crippen molar-refractivity contribution in [2.75, 3.05) is 92.8 Å². The van der Waals surface area contributed by atoms with Crippen LogP contribution in [0.5, 0.6) is 11.6 Å². The number of H-pyrrole nitrogens is 1. The number of amides is 5. The summed E-state index contributed by atoms with van der Waals surface area (Å²) >= 11 is 0. The molecule has 468 valence electrons. The molecular formula is C65H69N11O13S. The van der Waals surface area contributed by atoms with E-state index in [1.807, 2.05) is 41.3 Å². The van der Waals surface area contributed by atoms with Crippen LogP contribution < -0.4 is 34.2 Å². The van der Waals surface area contributed by atoms with Crippen LogP contribution >= 0.6 is 0 Å². The summed E-state index contributed by atoms with van der Waals surface area (Å²) in [5, 5.41) is 16.7. The van der Waals surface area contributed by atoms with Gasteiger partial charge in [0.1, 0.15) is 30.1 Å². The van der Waals surface area contributed by atoms with Crippen molar-refractivity contribution in [2.24, 2.45) is 11.3 Å². The lowest BCUT2D eigenvalue weighted by atomic mass is 9.59. The van der Waals surface area contributed by atoms with E-state index in [4.69, 9.17) is 23.9 Å². The van der Waals surface area contributed by atoms with Crippen molar-refractivity contribution in [3.05, 3.63) is 129 Å². The summed E-state index contributed by atoms with van der Waals surface area (Å²) in [6.07, 6.45) is 7.25. The Morgan fingerprint density at radius 1 is 0.811 bits per heavy atom. The summed E-state index contributed by atoms with van der Waals surface area (Å²) in [4.78, 5) is 99.9. The Labute approximate surface area is 518 Å². The van der Waals surface area contributed by atoms with Gasteiger partial charge in [-0.3, -0.25) is 48.8 Å². The number of aromatic nitrogens is 2. The summed E-state index contributed by atoms with van der Waals surface area (Å²) in [5.41, 5.74) is 5.76. The number of likely N-dealkylation sites (tertiary alicyclic amines) is 1. The first kappa shape index (κ1) is 57.8. The number of carbonyl (C=O) groups excluding carboxylic acids is 5. The number of piperazine rings is 1. The predicted molar refractivity (Wildman–Crippen MR) is 330 cm³/mol. The fourth-order valence-corrected chi connectivity index (χ4v) is 16.7. The van der Waals surface area contributed by atoms with Crippen molar-refractivity contribution in [1.29, 1.82) is 0 Å². The number of nitrogens with zero attached hydrogens (tertiary/aromatic N) is 8. The van der Waals surface area contributed by atoms with Gasteiger partial charge in [0.25, 0.3) is 39.3 Å². The first-order valence-electron chi connectivity index (χ1n) is 31.2. The van der Waals surface area contributed by atoms with Gasteiger partial charge in [0.2, 0.25) is 11.8 Å². The third-order valence-electron chi connectivity index (χ3n) is 20.6. The summed E-state index contributed by atoms with van der Waals surface area (Å²) in [6, 6.07) is 23.8. The molecule has 25 heteroatoms. The number of benzene rings is 4. The minimum absolute atomic E-state index is 0.000246. The molecule has 10 heterocycles. The molecule has 0 bridgehead atoms. The molecule has 8 aliphatic heterocycles. The Bertz CT molecular complexity index is 4080. The van der Waals surface area contributed by atoms with Crippen LogP contribution in [0, 0.1) is 28.4 Å². The summed E-state index contributed by atoms with van der Waals surface area (Å²) in [6.45, 7) is 7.41. The van der Waals surface area contributed by atoms with Crippen molar-refractivity contribution < 1.29 is 56.3 Å². The number of imide groups is 2. The van der Waals surface area contributed by atoms with Crippen molar-refractivity contribution >= 4 is 84.7 Å². The van der Waals surface area contributed by atoms with E-state index in [2.05, 4.69) is 54.8 Å². The molecule has 0 radical (unpaired) electrons. The van der Waals surface area contributed by atoms with Gasteiger partial charge < -0.3 is 43.9 Å². The van der Waals surface area contributed by atoms with E-state index < -0.39 is 61.3 Å².